The highest BCUT2D eigenvalue weighted by atomic mass is 16.3. The van der Waals surface area contributed by atoms with E-state index in [1.165, 1.54) is 18.2 Å². The molecule has 2 nitrogen and oxygen atoms in total. The van der Waals surface area contributed by atoms with Gasteiger partial charge >= 0.3 is 0 Å². The Bertz CT molecular complexity index is 254. The third kappa shape index (κ3) is 6.98. The molecule has 2 N–H and O–H groups in total. The molecule has 0 atom stereocenters. The minimum absolute atomic E-state index is 0.0880. The summed E-state index contributed by atoms with van der Waals surface area (Å²) in [4.78, 5) is 0. The fourth-order valence-electron chi connectivity index (χ4n) is 0.729. The summed E-state index contributed by atoms with van der Waals surface area (Å²) in [6.45, 7) is 7.10. The molecule has 0 fully saturated rings. The van der Waals surface area contributed by atoms with Gasteiger partial charge in [0.15, 0.2) is 0 Å². The molecule has 2 heteroatoms. The van der Waals surface area contributed by atoms with Crippen LogP contribution < -0.4 is 0 Å². The molecule has 0 bridgehead atoms. The van der Waals surface area contributed by atoms with E-state index in [0.717, 1.165) is 12.8 Å². The van der Waals surface area contributed by atoms with Gasteiger partial charge in [-0.15, -0.1) is 13.2 Å². The van der Waals surface area contributed by atoms with Crippen molar-refractivity contribution in [1.82, 2.24) is 0 Å². The molecule has 0 spiro atoms. The molecule has 0 heterocycles. The van der Waals surface area contributed by atoms with E-state index in [1.54, 1.807) is 6.07 Å². The number of phenols is 2. The first-order valence-electron chi connectivity index (χ1n) is 4.40. The molecular weight excluding hydrogens is 176 g/mol. The number of phenolic OH excluding ortho intramolecular Hbond substituents is 2. The molecule has 0 unspecified atom stereocenters. The molecule has 0 aliphatic heterocycles. The summed E-state index contributed by atoms with van der Waals surface area (Å²) in [6.07, 6.45) is 5.90. The van der Waals surface area contributed by atoms with Crippen LogP contribution in [0.2, 0.25) is 0 Å². The van der Waals surface area contributed by atoms with Gasteiger partial charge in [0.05, 0.1) is 0 Å². The maximum Gasteiger partial charge on any atom is 0.119 e. The molecule has 0 saturated heterocycles. The average molecular weight is 192 g/mol. The second-order valence-corrected chi connectivity index (χ2v) is 2.67. The number of aromatic hydroxyl groups is 2. The Kier molecular flexibility index (Phi) is 6.96. The first-order chi connectivity index (χ1) is 6.70. The average Bonchev–Trinajstić information content (AvgIpc) is 2.15. The summed E-state index contributed by atoms with van der Waals surface area (Å²) in [5.41, 5.74) is 0. The molecule has 1 rings (SSSR count). The lowest BCUT2D eigenvalue weighted by Crippen LogP contribution is -1.61. The van der Waals surface area contributed by atoms with Crippen molar-refractivity contribution in [3.05, 3.63) is 49.6 Å². The summed E-state index contributed by atoms with van der Waals surface area (Å²) < 4.78 is 0. The van der Waals surface area contributed by atoms with Gasteiger partial charge in [-0.25, -0.2) is 0 Å². The lowest BCUT2D eigenvalue weighted by atomic mass is 10.3. The van der Waals surface area contributed by atoms with E-state index in [1.807, 2.05) is 12.2 Å². The van der Waals surface area contributed by atoms with E-state index in [2.05, 4.69) is 13.2 Å². The minimum atomic E-state index is 0.0880. The van der Waals surface area contributed by atoms with Crippen LogP contribution in [0, 0.1) is 0 Å². The van der Waals surface area contributed by atoms with Gasteiger partial charge in [0.2, 0.25) is 0 Å². The zero-order valence-corrected chi connectivity index (χ0v) is 8.19. The highest BCUT2D eigenvalue weighted by Gasteiger charge is 1.85. The van der Waals surface area contributed by atoms with Crippen LogP contribution in [0.25, 0.3) is 0 Å². The van der Waals surface area contributed by atoms with Gasteiger partial charge in [-0.1, -0.05) is 18.2 Å². The second kappa shape index (κ2) is 7.92. The van der Waals surface area contributed by atoms with Gasteiger partial charge in [-0.05, 0) is 25.0 Å². The maximum absolute atomic E-state index is 8.65. The van der Waals surface area contributed by atoms with Crippen molar-refractivity contribution in [1.29, 1.82) is 0 Å². The van der Waals surface area contributed by atoms with Crippen molar-refractivity contribution in [2.24, 2.45) is 0 Å². The third-order valence-corrected chi connectivity index (χ3v) is 1.40. The summed E-state index contributed by atoms with van der Waals surface area (Å²) in [5.74, 6) is 0.176. The first kappa shape index (κ1) is 12.3. The van der Waals surface area contributed by atoms with E-state index >= 15 is 0 Å². The Labute approximate surface area is 84.8 Å². The zero-order valence-electron chi connectivity index (χ0n) is 8.19. The van der Waals surface area contributed by atoms with E-state index in [9.17, 15) is 0 Å². The molecule has 76 valence electrons. The quantitative estimate of drug-likeness (QED) is 0.570. The zero-order chi connectivity index (χ0) is 10.8. The van der Waals surface area contributed by atoms with Crippen LogP contribution in [0.3, 0.4) is 0 Å². The summed E-state index contributed by atoms with van der Waals surface area (Å²) >= 11 is 0. The second-order valence-electron chi connectivity index (χ2n) is 2.67. The van der Waals surface area contributed by atoms with Gasteiger partial charge < -0.3 is 10.2 Å². The normalized spacial score (nSPS) is 8.29. The Hall–Kier alpha value is -1.70. The van der Waals surface area contributed by atoms with E-state index in [-0.39, 0.29) is 11.5 Å². The van der Waals surface area contributed by atoms with Crippen molar-refractivity contribution < 1.29 is 10.2 Å². The van der Waals surface area contributed by atoms with Crippen LogP contribution in [0.1, 0.15) is 12.8 Å². The van der Waals surface area contributed by atoms with Crippen molar-refractivity contribution in [2.75, 3.05) is 0 Å². The number of unbranched alkanes of at least 4 members (excludes halogenated alkanes) is 1. The number of allylic oxidation sites excluding steroid dienone is 2. The lowest BCUT2D eigenvalue weighted by molar-refractivity contribution is 0.450. The Morgan fingerprint density at radius 1 is 1.00 bits per heavy atom. The third-order valence-electron chi connectivity index (χ3n) is 1.40. The van der Waals surface area contributed by atoms with Crippen molar-refractivity contribution in [3.63, 3.8) is 0 Å². The predicted octanol–water partition coefficient (Wildman–Crippen LogP) is 3.24. The molecular formula is C12H16O2. The van der Waals surface area contributed by atoms with Crippen LogP contribution >= 0.6 is 0 Å². The monoisotopic (exact) mass is 192 g/mol. The summed E-state index contributed by atoms with van der Waals surface area (Å²) in [6, 6.07) is 5.85. The smallest absolute Gasteiger partial charge is 0.119 e. The van der Waals surface area contributed by atoms with Gasteiger partial charge in [0.1, 0.15) is 11.5 Å². The van der Waals surface area contributed by atoms with Crippen LogP contribution in [-0.4, -0.2) is 10.2 Å². The largest absolute Gasteiger partial charge is 0.508 e. The highest BCUT2D eigenvalue weighted by Crippen LogP contribution is 2.14. The lowest BCUT2D eigenvalue weighted by Gasteiger charge is -1.89. The van der Waals surface area contributed by atoms with E-state index < -0.39 is 0 Å². The number of rotatable bonds is 3. The van der Waals surface area contributed by atoms with Crippen molar-refractivity contribution >= 4 is 0 Å². The Balaban J connectivity index is 0.000000255. The number of hydrogen-bond donors (Lipinski definition) is 2. The molecule has 1 aromatic rings. The fraction of sp³-hybridized carbons (Fsp3) is 0.167. The van der Waals surface area contributed by atoms with Gasteiger partial charge in [0, 0.05) is 6.07 Å². The van der Waals surface area contributed by atoms with Gasteiger partial charge in [0.25, 0.3) is 0 Å². The summed E-state index contributed by atoms with van der Waals surface area (Å²) in [7, 11) is 0. The number of hydrogen-bond acceptors (Lipinski definition) is 2. The molecule has 14 heavy (non-hydrogen) atoms. The molecule has 0 aromatic heterocycles. The van der Waals surface area contributed by atoms with Gasteiger partial charge in [-0.3, -0.25) is 0 Å². The van der Waals surface area contributed by atoms with Crippen LogP contribution in [-0.2, 0) is 0 Å². The fourth-order valence-corrected chi connectivity index (χ4v) is 0.729. The predicted molar refractivity (Wildman–Crippen MR) is 59.4 cm³/mol. The first-order valence-corrected chi connectivity index (χ1v) is 4.40. The number of benzene rings is 1. The highest BCUT2D eigenvalue weighted by molar-refractivity contribution is 5.30. The molecule has 0 aliphatic rings. The molecule has 0 radical (unpaired) electrons. The SMILES string of the molecule is C=CCCC=C.Oc1cccc(O)c1. The van der Waals surface area contributed by atoms with E-state index in [4.69, 9.17) is 10.2 Å². The van der Waals surface area contributed by atoms with Crippen LogP contribution in [0.4, 0.5) is 0 Å². The summed E-state index contributed by atoms with van der Waals surface area (Å²) in [5, 5.41) is 17.3. The minimum Gasteiger partial charge on any atom is -0.508 e. The molecule has 1 aromatic carbocycles. The Morgan fingerprint density at radius 3 is 1.64 bits per heavy atom. The molecule has 0 saturated carbocycles. The Morgan fingerprint density at radius 2 is 1.43 bits per heavy atom. The standard InChI is InChI=1S/C6H6O2.C6H10/c7-5-2-1-3-6(8)4-5;1-3-5-6-4-2/h1-4,7-8H;3-4H,1-2,5-6H2. The van der Waals surface area contributed by atoms with Crippen molar-refractivity contribution in [3.8, 4) is 11.5 Å². The van der Waals surface area contributed by atoms with E-state index in [0.29, 0.717) is 0 Å². The maximum atomic E-state index is 8.65. The molecule has 0 amide bonds. The molecule has 0 aliphatic carbocycles. The van der Waals surface area contributed by atoms with Gasteiger partial charge in [-0.2, -0.15) is 0 Å². The van der Waals surface area contributed by atoms with Crippen molar-refractivity contribution in [2.45, 2.75) is 12.8 Å². The van der Waals surface area contributed by atoms with Crippen LogP contribution in [0.15, 0.2) is 49.6 Å². The van der Waals surface area contributed by atoms with Crippen LogP contribution in [0.5, 0.6) is 11.5 Å². The topological polar surface area (TPSA) is 40.5 Å².